The number of alkyl carbamates (subject to hydrolysis) is 1. The number of amides is 1. The van der Waals surface area contributed by atoms with Crippen LogP contribution >= 0.6 is 0 Å². The molecule has 1 aliphatic heterocycles. The zero-order valence-electron chi connectivity index (χ0n) is 9.13. The van der Waals surface area contributed by atoms with Crippen LogP contribution in [0.4, 0.5) is 4.79 Å². The summed E-state index contributed by atoms with van der Waals surface area (Å²) in [5.74, 6) is 0. The van der Waals surface area contributed by atoms with Crippen LogP contribution < -0.4 is 5.32 Å². The van der Waals surface area contributed by atoms with Gasteiger partial charge in [0.05, 0.1) is 6.10 Å². The number of hydrogen-bond acceptors (Lipinski definition) is 3. The number of ether oxygens (including phenoxy) is 2. The molecule has 4 heteroatoms. The van der Waals surface area contributed by atoms with Crippen molar-refractivity contribution in [2.24, 2.45) is 0 Å². The number of epoxide rings is 1. The quantitative estimate of drug-likeness (QED) is 0.689. The number of carbonyl (C=O) groups is 1. The molecule has 0 saturated carbocycles. The Bertz CT molecular complexity index is 208. The Morgan fingerprint density at radius 3 is 2.79 bits per heavy atom. The molecule has 14 heavy (non-hydrogen) atoms. The monoisotopic (exact) mass is 201 g/mol. The van der Waals surface area contributed by atoms with Gasteiger partial charge in [-0.05, 0) is 12.8 Å². The molecule has 1 N–H and O–H groups in total. The van der Waals surface area contributed by atoms with Crippen LogP contribution in [0.15, 0.2) is 0 Å². The summed E-state index contributed by atoms with van der Waals surface area (Å²) >= 11 is 0. The van der Waals surface area contributed by atoms with Gasteiger partial charge in [-0.3, -0.25) is 0 Å². The van der Waals surface area contributed by atoms with Crippen LogP contribution in [0.25, 0.3) is 0 Å². The molecule has 1 rings (SSSR count). The van der Waals surface area contributed by atoms with Crippen LogP contribution in [-0.4, -0.2) is 31.5 Å². The number of carbonyl (C=O) groups excluding carboxylic acids is 1. The molecule has 0 spiro atoms. The maximum absolute atomic E-state index is 10.9. The van der Waals surface area contributed by atoms with E-state index in [1.54, 1.807) is 7.05 Å². The molecule has 0 bridgehead atoms. The lowest BCUT2D eigenvalue weighted by molar-refractivity contribution is 0.110. The van der Waals surface area contributed by atoms with Gasteiger partial charge in [-0.1, -0.05) is 20.3 Å². The van der Waals surface area contributed by atoms with Gasteiger partial charge in [0, 0.05) is 7.05 Å². The number of rotatable bonds is 5. The molecular weight excluding hydrogens is 182 g/mol. The molecule has 1 saturated heterocycles. The molecule has 1 heterocycles. The molecule has 1 aliphatic rings. The summed E-state index contributed by atoms with van der Waals surface area (Å²) in [6.07, 6.45) is 2.94. The Hall–Kier alpha value is -0.770. The highest BCUT2D eigenvalue weighted by Crippen LogP contribution is 2.42. The fourth-order valence-electron chi connectivity index (χ4n) is 1.63. The van der Waals surface area contributed by atoms with Crippen LogP contribution in [-0.2, 0) is 9.47 Å². The first kappa shape index (κ1) is 11.3. The lowest BCUT2D eigenvalue weighted by Crippen LogP contribution is -2.28. The van der Waals surface area contributed by atoms with Crippen LogP contribution in [0.3, 0.4) is 0 Å². The molecule has 1 amide bonds. The molecule has 0 aliphatic carbocycles. The van der Waals surface area contributed by atoms with Crippen LogP contribution in [0, 0.1) is 0 Å². The van der Waals surface area contributed by atoms with Crippen molar-refractivity contribution in [3.63, 3.8) is 0 Å². The van der Waals surface area contributed by atoms with Gasteiger partial charge >= 0.3 is 6.09 Å². The Balaban J connectivity index is 2.31. The largest absolute Gasteiger partial charge is 0.446 e. The van der Waals surface area contributed by atoms with Crippen molar-refractivity contribution >= 4 is 6.09 Å². The van der Waals surface area contributed by atoms with E-state index in [0.717, 1.165) is 19.3 Å². The highest BCUT2D eigenvalue weighted by Gasteiger charge is 2.55. The van der Waals surface area contributed by atoms with Gasteiger partial charge in [0.1, 0.15) is 12.2 Å². The van der Waals surface area contributed by atoms with Crippen molar-refractivity contribution in [1.82, 2.24) is 5.32 Å². The maximum atomic E-state index is 10.9. The molecule has 1 fully saturated rings. The van der Waals surface area contributed by atoms with E-state index in [-0.39, 0.29) is 17.8 Å². The molecular formula is C10H19NO3. The average Bonchev–Trinajstić information content (AvgIpc) is 2.90. The highest BCUT2D eigenvalue weighted by molar-refractivity contribution is 5.66. The number of nitrogens with one attached hydrogen (secondary N) is 1. The molecule has 0 unspecified atom stereocenters. The Morgan fingerprint density at radius 2 is 2.29 bits per heavy atom. The Kier molecular flexibility index (Phi) is 3.75. The summed E-state index contributed by atoms with van der Waals surface area (Å²) < 4.78 is 10.6. The number of hydrogen-bond donors (Lipinski definition) is 1. The van der Waals surface area contributed by atoms with Crippen molar-refractivity contribution in [3.8, 4) is 0 Å². The lowest BCUT2D eigenvalue weighted by atomic mass is 10.0. The van der Waals surface area contributed by atoms with E-state index in [1.165, 1.54) is 0 Å². The predicted molar refractivity (Wildman–Crippen MR) is 53.2 cm³/mol. The summed E-state index contributed by atoms with van der Waals surface area (Å²) in [5, 5.41) is 2.42. The van der Waals surface area contributed by atoms with E-state index in [9.17, 15) is 4.79 Å². The normalized spacial score (nSPS) is 29.8. The van der Waals surface area contributed by atoms with E-state index in [1.807, 2.05) is 0 Å². The topological polar surface area (TPSA) is 50.9 Å². The van der Waals surface area contributed by atoms with Crippen molar-refractivity contribution in [2.75, 3.05) is 13.7 Å². The second-order valence-corrected chi connectivity index (χ2v) is 3.64. The van der Waals surface area contributed by atoms with Crippen molar-refractivity contribution in [2.45, 2.75) is 44.8 Å². The molecule has 0 aromatic heterocycles. The van der Waals surface area contributed by atoms with Gasteiger partial charge in [0.2, 0.25) is 0 Å². The molecule has 0 aromatic carbocycles. The van der Waals surface area contributed by atoms with Crippen molar-refractivity contribution in [1.29, 1.82) is 0 Å². The van der Waals surface area contributed by atoms with E-state index in [2.05, 4.69) is 19.2 Å². The third kappa shape index (κ3) is 2.38. The first-order valence-electron chi connectivity index (χ1n) is 5.20. The van der Waals surface area contributed by atoms with Gasteiger partial charge in [-0.15, -0.1) is 0 Å². The van der Waals surface area contributed by atoms with Crippen LogP contribution in [0.5, 0.6) is 0 Å². The minimum atomic E-state index is -0.386. The zero-order valence-corrected chi connectivity index (χ0v) is 9.13. The van der Waals surface area contributed by atoms with Crippen LogP contribution in [0.1, 0.15) is 33.1 Å². The molecule has 2 atom stereocenters. The van der Waals surface area contributed by atoms with Crippen LogP contribution in [0.2, 0.25) is 0 Å². The molecule has 82 valence electrons. The Labute approximate surface area is 85.0 Å². The average molecular weight is 201 g/mol. The third-order valence-corrected chi connectivity index (χ3v) is 2.71. The second-order valence-electron chi connectivity index (χ2n) is 3.64. The molecule has 4 nitrogen and oxygen atoms in total. The standard InChI is InChI=1S/C10H19NO3/c1-4-6-8-10(5-2,14-8)7-13-9(12)11-3/h8H,4-7H2,1-3H3,(H,11,12)/t8-,10+/m1/s1. The van der Waals surface area contributed by atoms with Gasteiger partial charge in [0.15, 0.2) is 0 Å². The summed E-state index contributed by atoms with van der Waals surface area (Å²) in [7, 11) is 1.55. The molecule has 0 radical (unpaired) electrons. The first-order valence-corrected chi connectivity index (χ1v) is 5.20. The lowest BCUT2D eigenvalue weighted by Gasteiger charge is -2.10. The fraction of sp³-hybridized carbons (Fsp3) is 0.900. The Morgan fingerprint density at radius 1 is 1.57 bits per heavy atom. The van der Waals surface area contributed by atoms with Gasteiger partial charge in [-0.25, -0.2) is 4.79 Å². The van der Waals surface area contributed by atoms with E-state index in [4.69, 9.17) is 9.47 Å². The highest BCUT2D eigenvalue weighted by atomic mass is 16.6. The summed E-state index contributed by atoms with van der Waals surface area (Å²) in [6, 6.07) is 0. The van der Waals surface area contributed by atoms with E-state index >= 15 is 0 Å². The van der Waals surface area contributed by atoms with Crippen molar-refractivity contribution in [3.05, 3.63) is 0 Å². The van der Waals surface area contributed by atoms with Gasteiger partial charge in [-0.2, -0.15) is 0 Å². The van der Waals surface area contributed by atoms with E-state index in [0.29, 0.717) is 6.61 Å². The zero-order chi connectivity index (χ0) is 10.6. The summed E-state index contributed by atoms with van der Waals surface area (Å²) in [6.45, 7) is 4.55. The molecule has 0 aromatic rings. The first-order chi connectivity index (χ1) is 6.68. The minimum Gasteiger partial charge on any atom is -0.446 e. The maximum Gasteiger partial charge on any atom is 0.406 e. The summed E-state index contributed by atoms with van der Waals surface area (Å²) in [4.78, 5) is 10.9. The van der Waals surface area contributed by atoms with Gasteiger partial charge in [0.25, 0.3) is 0 Å². The summed E-state index contributed by atoms with van der Waals surface area (Å²) in [5.41, 5.74) is -0.192. The third-order valence-electron chi connectivity index (χ3n) is 2.71. The van der Waals surface area contributed by atoms with Gasteiger partial charge < -0.3 is 14.8 Å². The predicted octanol–water partition coefficient (Wildman–Crippen LogP) is 1.69. The van der Waals surface area contributed by atoms with Crippen molar-refractivity contribution < 1.29 is 14.3 Å². The minimum absolute atomic E-state index is 0.192. The SMILES string of the molecule is CCC[C@H]1O[C@@]1(CC)COC(=O)NC. The second kappa shape index (κ2) is 4.64. The van der Waals surface area contributed by atoms with E-state index < -0.39 is 0 Å². The smallest absolute Gasteiger partial charge is 0.406 e. The fourth-order valence-corrected chi connectivity index (χ4v) is 1.63.